The second-order valence-electron chi connectivity index (χ2n) is 12.3. The molecule has 0 saturated carbocycles. The van der Waals surface area contributed by atoms with Crippen LogP contribution in [0.25, 0.3) is 0 Å². The number of pyridine rings is 2. The number of carbonyl (C=O) groups excluding carboxylic acids is 4. The highest BCUT2D eigenvalue weighted by Crippen LogP contribution is 2.34. The minimum atomic E-state index is -0.221. The summed E-state index contributed by atoms with van der Waals surface area (Å²) in [7, 11) is 0. The van der Waals surface area contributed by atoms with Gasteiger partial charge in [0.15, 0.2) is 23.2 Å². The number of hydrogen-bond donors (Lipinski definition) is 2. The van der Waals surface area contributed by atoms with Crippen molar-refractivity contribution in [3.8, 4) is 0 Å². The molecule has 264 valence electrons. The molecule has 0 saturated heterocycles. The lowest BCUT2D eigenvalue weighted by Crippen LogP contribution is -2.35. The zero-order chi connectivity index (χ0) is 37.3. The van der Waals surface area contributed by atoms with Gasteiger partial charge in [-0.1, -0.05) is 94.8 Å². The summed E-state index contributed by atoms with van der Waals surface area (Å²) < 4.78 is 0. The van der Waals surface area contributed by atoms with Gasteiger partial charge in [0.05, 0.1) is 34.5 Å². The molecule has 0 spiro atoms. The molecule has 4 aromatic carbocycles. The van der Waals surface area contributed by atoms with E-state index in [1.807, 2.05) is 111 Å². The number of ketones is 3. The fourth-order valence-electron chi connectivity index (χ4n) is 6.03. The highest BCUT2D eigenvalue weighted by atomic mass is 79.9. The molecule has 6 aromatic rings. The Hall–Kier alpha value is -6.26. The van der Waals surface area contributed by atoms with Crippen LogP contribution in [0, 0.1) is 13.8 Å². The molecule has 0 fully saturated rings. The number of nitrogens with zero attached hydrogens (tertiary/aromatic N) is 3. The van der Waals surface area contributed by atoms with Crippen LogP contribution < -0.4 is 15.5 Å². The van der Waals surface area contributed by atoms with Gasteiger partial charge >= 0.3 is 0 Å². The van der Waals surface area contributed by atoms with Crippen LogP contribution in [0.5, 0.6) is 0 Å². The van der Waals surface area contributed by atoms with Gasteiger partial charge in [-0.25, -0.2) is 9.97 Å². The molecule has 0 atom stereocenters. The average Bonchev–Trinajstić information content (AvgIpc) is 3.40. The summed E-state index contributed by atoms with van der Waals surface area (Å²) in [6.45, 7) is 3.79. The number of aryl methyl sites for hydroxylation is 2. The van der Waals surface area contributed by atoms with Crippen LogP contribution in [-0.4, -0.2) is 45.1 Å². The molecule has 0 radical (unpaired) electrons. The molecule has 53 heavy (non-hydrogen) atoms. The van der Waals surface area contributed by atoms with Gasteiger partial charge in [-0.05, 0) is 67.4 Å². The number of rotatable bonds is 5. The summed E-state index contributed by atoms with van der Waals surface area (Å²) in [5.74, 6) is 1.29. The monoisotopic (exact) mass is 765 g/mol. The number of fused-ring (bicyclic) bond motifs is 4. The third-order valence-corrected chi connectivity index (χ3v) is 9.28. The van der Waals surface area contributed by atoms with Crippen LogP contribution in [0.1, 0.15) is 58.1 Å². The Morgan fingerprint density at radius 1 is 0.642 bits per heavy atom. The van der Waals surface area contributed by atoms with Gasteiger partial charge in [0, 0.05) is 41.1 Å². The van der Waals surface area contributed by atoms with Crippen molar-refractivity contribution in [3.05, 3.63) is 173 Å². The fraction of sp³-hybridized carbons (Fsp3) is 0.116. The number of halogens is 1. The van der Waals surface area contributed by atoms with Crippen molar-refractivity contribution in [2.75, 3.05) is 27.4 Å². The molecule has 0 unspecified atom stereocenters. The quantitative estimate of drug-likeness (QED) is 0.132. The van der Waals surface area contributed by atoms with Crippen LogP contribution >= 0.6 is 15.9 Å². The topological polar surface area (TPSA) is 121 Å². The molecule has 2 aliphatic heterocycles. The SMILES string of the molecule is Cc1ccccc1C(=O)CBr.Cc1ccccc1C(=O)CN1C(=O)c2ccccc2Nc2ncccc21.O=C1Cc2cccnc2Nc2ccccc21. The maximum absolute atomic E-state index is 13.2. The van der Waals surface area contributed by atoms with E-state index in [0.29, 0.717) is 40.1 Å². The molecule has 9 nitrogen and oxygen atoms in total. The molecule has 1 amide bonds. The number of para-hydroxylation sites is 2. The average molecular weight is 767 g/mol. The molecule has 2 aromatic heterocycles. The van der Waals surface area contributed by atoms with Gasteiger partial charge in [0.1, 0.15) is 5.82 Å². The number of benzene rings is 4. The van der Waals surface area contributed by atoms with E-state index in [0.717, 1.165) is 39.3 Å². The lowest BCUT2D eigenvalue weighted by molar-refractivity contribution is 0.0937. The number of amides is 1. The van der Waals surface area contributed by atoms with Crippen molar-refractivity contribution in [2.24, 2.45) is 0 Å². The first-order chi connectivity index (χ1) is 25.7. The van der Waals surface area contributed by atoms with E-state index in [4.69, 9.17) is 0 Å². The van der Waals surface area contributed by atoms with Crippen LogP contribution in [0.3, 0.4) is 0 Å². The van der Waals surface area contributed by atoms with E-state index in [2.05, 4.69) is 36.5 Å². The molecule has 4 heterocycles. The van der Waals surface area contributed by atoms with E-state index in [1.54, 1.807) is 36.7 Å². The van der Waals surface area contributed by atoms with Crippen molar-refractivity contribution in [1.82, 2.24) is 9.97 Å². The normalized spacial score (nSPS) is 12.2. The summed E-state index contributed by atoms with van der Waals surface area (Å²) in [6, 6.07) is 37.1. The maximum Gasteiger partial charge on any atom is 0.260 e. The fourth-order valence-corrected chi connectivity index (χ4v) is 6.33. The molecule has 2 aliphatic rings. The van der Waals surface area contributed by atoms with Crippen molar-refractivity contribution in [1.29, 1.82) is 0 Å². The summed E-state index contributed by atoms with van der Waals surface area (Å²) >= 11 is 3.14. The van der Waals surface area contributed by atoms with Gasteiger partial charge < -0.3 is 10.6 Å². The van der Waals surface area contributed by atoms with Crippen LogP contribution in [0.4, 0.5) is 28.7 Å². The zero-order valence-electron chi connectivity index (χ0n) is 29.2. The second kappa shape index (κ2) is 16.8. The summed E-state index contributed by atoms with van der Waals surface area (Å²) in [4.78, 5) is 59.3. The summed E-state index contributed by atoms with van der Waals surface area (Å²) in [5.41, 5.74) is 7.68. The van der Waals surface area contributed by atoms with Gasteiger partial charge in [-0.2, -0.15) is 0 Å². The van der Waals surface area contributed by atoms with Crippen LogP contribution in [0.2, 0.25) is 0 Å². The lowest BCUT2D eigenvalue weighted by atomic mass is 10.0. The van der Waals surface area contributed by atoms with Gasteiger partial charge in [0.25, 0.3) is 5.91 Å². The summed E-state index contributed by atoms with van der Waals surface area (Å²) in [5, 5.41) is 6.80. The first-order valence-corrected chi connectivity index (χ1v) is 18.1. The highest BCUT2D eigenvalue weighted by Gasteiger charge is 2.29. The minimum absolute atomic E-state index is 0.0433. The van der Waals surface area contributed by atoms with Crippen molar-refractivity contribution >= 4 is 67.9 Å². The molecule has 0 bridgehead atoms. The number of anilines is 5. The number of aromatic nitrogens is 2. The molecule has 2 N–H and O–H groups in total. The standard InChI is InChI=1S/C21H17N3O2.C13H10N2O.C9H9BrO/c1-14-7-2-3-8-15(14)19(25)13-24-18-11-6-12-22-20(18)23-17-10-5-4-9-16(17)21(24)26;16-12-8-9-4-3-7-14-13(9)15-11-6-2-1-5-10(11)12;1-7-4-2-3-5-8(7)9(11)6-10/h2-12H,13H2,1H3,(H,22,23);1-7H,8H2,(H,14,15);2-5H,6H2,1H3. The molecular weight excluding hydrogens is 730 g/mol. The highest BCUT2D eigenvalue weighted by molar-refractivity contribution is 9.09. The number of carbonyl (C=O) groups is 4. The van der Waals surface area contributed by atoms with Gasteiger partial charge in [0.2, 0.25) is 0 Å². The van der Waals surface area contributed by atoms with E-state index < -0.39 is 0 Å². The predicted octanol–water partition coefficient (Wildman–Crippen LogP) is 9.11. The third-order valence-electron chi connectivity index (χ3n) is 8.77. The molecular formula is C43H36BrN5O4. The predicted molar refractivity (Wildman–Crippen MR) is 212 cm³/mol. The number of alkyl halides is 1. The van der Waals surface area contributed by atoms with Gasteiger partial charge in [-0.3, -0.25) is 24.1 Å². The van der Waals surface area contributed by atoms with Crippen molar-refractivity contribution in [2.45, 2.75) is 20.3 Å². The Kier molecular flexibility index (Phi) is 11.6. The smallest absolute Gasteiger partial charge is 0.260 e. The molecule has 8 rings (SSSR count). The Balaban J connectivity index is 0.000000151. The first kappa shape index (κ1) is 36.5. The van der Waals surface area contributed by atoms with Crippen LogP contribution in [0.15, 0.2) is 134 Å². The first-order valence-electron chi connectivity index (χ1n) is 16.9. The molecule has 0 aliphatic carbocycles. The number of Topliss-reactive ketones (excluding diaryl/α,β-unsaturated/α-hetero) is 3. The maximum atomic E-state index is 13.2. The van der Waals surface area contributed by atoms with Gasteiger partial charge in [-0.15, -0.1) is 0 Å². The number of nitrogens with one attached hydrogen (secondary N) is 2. The minimum Gasteiger partial charge on any atom is -0.339 e. The van der Waals surface area contributed by atoms with Crippen molar-refractivity contribution in [3.63, 3.8) is 0 Å². The van der Waals surface area contributed by atoms with Crippen molar-refractivity contribution < 1.29 is 19.2 Å². The Morgan fingerprint density at radius 2 is 1.17 bits per heavy atom. The Bertz CT molecular complexity index is 2320. The van der Waals surface area contributed by atoms with E-state index in [-0.39, 0.29) is 29.8 Å². The molecule has 10 heteroatoms. The summed E-state index contributed by atoms with van der Waals surface area (Å²) in [6.07, 6.45) is 3.79. The van der Waals surface area contributed by atoms with E-state index in [9.17, 15) is 19.2 Å². The second-order valence-corrected chi connectivity index (χ2v) is 12.9. The zero-order valence-corrected chi connectivity index (χ0v) is 30.8. The number of hydrogen-bond acceptors (Lipinski definition) is 8. The van der Waals surface area contributed by atoms with Crippen LogP contribution in [-0.2, 0) is 6.42 Å². The van der Waals surface area contributed by atoms with E-state index >= 15 is 0 Å². The largest absolute Gasteiger partial charge is 0.339 e. The van der Waals surface area contributed by atoms with E-state index in [1.165, 1.54) is 4.90 Å². The Labute approximate surface area is 316 Å². The Morgan fingerprint density at radius 3 is 1.83 bits per heavy atom. The third kappa shape index (κ3) is 8.45. The lowest BCUT2D eigenvalue weighted by Gasteiger charge is -2.21.